The third-order valence-electron chi connectivity index (χ3n) is 2.35. The molecule has 4 nitrogen and oxygen atoms in total. The van der Waals surface area contributed by atoms with Gasteiger partial charge in [-0.05, 0) is 12.1 Å². The number of hydrogen-bond acceptors (Lipinski definition) is 3. The van der Waals surface area contributed by atoms with E-state index in [0.717, 1.165) is 4.88 Å². The number of carboxylic acids is 1. The molecule has 0 saturated heterocycles. The first-order valence-electron chi connectivity index (χ1n) is 5.11. The van der Waals surface area contributed by atoms with Gasteiger partial charge in [-0.15, -0.1) is 11.3 Å². The third kappa shape index (κ3) is 4.36. The molecule has 0 aromatic carbocycles. The number of carbonyl (C=O) groups excluding carboxylic acids is 1. The van der Waals surface area contributed by atoms with Gasteiger partial charge in [-0.2, -0.15) is 0 Å². The third-order valence-corrected chi connectivity index (χ3v) is 3.58. The van der Waals surface area contributed by atoms with Crippen LogP contribution in [0, 0.1) is 5.92 Å². The zero-order valence-corrected chi connectivity index (χ0v) is 11.2. The molecule has 94 valence electrons. The number of carbonyl (C=O) groups is 2. The van der Waals surface area contributed by atoms with Crippen molar-refractivity contribution in [1.82, 2.24) is 4.90 Å². The van der Waals surface area contributed by atoms with Crippen molar-refractivity contribution in [3.05, 3.63) is 21.3 Å². The number of hydrogen-bond donors (Lipinski definition) is 1. The molecule has 1 N–H and O–H groups in total. The number of carboxylic acid groups (broad SMARTS) is 1. The maximum Gasteiger partial charge on any atom is 0.308 e. The molecule has 1 amide bonds. The van der Waals surface area contributed by atoms with Gasteiger partial charge in [-0.3, -0.25) is 9.59 Å². The van der Waals surface area contributed by atoms with Gasteiger partial charge in [-0.25, -0.2) is 0 Å². The lowest BCUT2D eigenvalue weighted by Gasteiger charge is -2.19. The fourth-order valence-corrected chi connectivity index (χ4v) is 2.40. The minimum absolute atomic E-state index is 0.100. The van der Waals surface area contributed by atoms with E-state index >= 15 is 0 Å². The Hall–Kier alpha value is -1.07. The summed E-state index contributed by atoms with van der Waals surface area (Å²) < 4.78 is 0.648. The molecule has 1 rings (SSSR count). The average molecular weight is 276 g/mol. The summed E-state index contributed by atoms with van der Waals surface area (Å²) in [5.74, 6) is -1.56. The standard InChI is InChI=1S/C11H14ClNO3S/c1-7(11(15)16)6-13(2)10(14)5-8-3-4-9(12)17-8/h3-4,7H,5-6H2,1-2H3,(H,15,16). The first-order valence-corrected chi connectivity index (χ1v) is 6.30. The van der Waals surface area contributed by atoms with E-state index in [9.17, 15) is 9.59 Å². The largest absolute Gasteiger partial charge is 0.481 e. The Labute approximate surface area is 109 Å². The van der Waals surface area contributed by atoms with Crippen LogP contribution in [0.15, 0.2) is 12.1 Å². The molecule has 6 heteroatoms. The van der Waals surface area contributed by atoms with Crippen molar-refractivity contribution < 1.29 is 14.7 Å². The number of nitrogens with zero attached hydrogens (tertiary/aromatic N) is 1. The molecule has 0 aliphatic rings. The smallest absolute Gasteiger partial charge is 0.308 e. The van der Waals surface area contributed by atoms with Gasteiger partial charge in [0.25, 0.3) is 0 Å². The van der Waals surface area contributed by atoms with Gasteiger partial charge in [0.15, 0.2) is 0 Å². The lowest BCUT2D eigenvalue weighted by Crippen LogP contribution is -2.34. The second kappa shape index (κ2) is 6.02. The molecular formula is C11H14ClNO3S. The quantitative estimate of drug-likeness (QED) is 0.895. The summed E-state index contributed by atoms with van der Waals surface area (Å²) in [7, 11) is 1.61. The molecule has 0 radical (unpaired) electrons. The predicted molar refractivity (Wildman–Crippen MR) is 67.5 cm³/mol. The van der Waals surface area contributed by atoms with E-state index in [1.165, 1.54) is 16.2 Å². The molecule has 1 aromatic heterocycles. The molecule has 0 spiro atoms. The number of amides is 1. The van der Waals surface area contributed by atoms with Crippen molar-refractivity contribution >= 4 is 34.8 Å². The molecule has 1 heterocycles. The second-order valence-electron chi connectivity index (χ2n) is 3.90. The fraction of sp³-hybridized carbons (Fsp3) is 0.455. The summed E-state index contributed by atoms with van der Waals surface area (Å²) in [5.41, 5.74) is 0. The van der Waals surface area contributed by atoms with Crippen LogP contribution >= 0.6 is 22.9 Å². The summed E-state index contributed by atoms with van der Waals surface area (Å²) in [5, 5.41) is 8.75. The van der Waals surface area contributed by atoms with Crippen molar-refractivity contribution in [3.63, 3.8) is 0 Å². The van der Waals surface area contributed by atoms with Crippen LogP contribution in [-0.2, 0) is 16.0 Å². The molecule has 1 aromatic rings. The molecule has 1 atom stereocenters. The Kier molecular flexibility index (Phi) is 4.96. The summed E-state index contributed by atoms with van der Waals surface area (Å²) in [4.78, 5) is 24.8. The lowest BCUT2D eigenvalue weighted by atomic mass is 10.1. The summed E-state index contributed by atoms with van der Waals surface area (Å²) in [6, 6.07) is 3.55. The van der Waals surface area contributed by atoms with Crippen LogP contribution in [0.2, 0.25) is 4.34 Å². The Bertz CT molecular complexity index is 419. The average Bonchev–Trinajstić information content (AvgIpc) is 2.63. The zero-order valence-electron chi connectivity index (χ0n) is 9.64. The Balaban J connectivity index is 2.50. The topological polar surface area (TPSA) is 57.6 Å². The van der Waals surface area contributed by atoms with Gasteiger partial charge >= 0.3 is 5.97 Å². The maximum absolute atomic E-state index is 11.8. The molecule has 17 heavy (non-hydrogen) atoms. The van der Waals surface area contributed by atoms with Gasteiger partial charge in [0.1, 0.15) is 0 Å². The van der Waals surface area contributed by atoms with Crippen molar-refractivity contribution in [3.8, 4) is 0 Å². The van der Waals surface area contributed by atoms with Gasteiger partial charge in [0, 0.05) is 18.5 Å². The maximum atomic E-state index is 11.8. The highest BCUT2D eigenvalue weighted by Crippen LogP contribution is 2.22. The van der Waals surface area contributed by atoms with E-state index in [-0.39, 0.29) is 18.9 Å². The lowest BCUT2D eigenvalue weighted by molar-refractivity contribution is -0.142. The number of thiophene rings is 1. The molecule has 0 aliphatic carbocycles. The predicted octanol–water partition coefficient (Wildman–Crippen LogP) is 2.12. The Morgan fingerprint density at radius 2 is 2.18 bits per heavy atom. The van der Waals surface area contributed by atoms with E-state index < -0.39 is 11.9 Å². The van der Waals surface area contributed by atoms with Gasteiger partial charge in [0.2, 0.25) is 5.91 Å². The minimum Gasteiger partial charge on any atom is -0.481 e. The van der Waals surface area contributed by atoms with E-state index in [4.69, 9.17) is 16.7 Å². The van der Waals surface area contributed by atoms with Crippen LogP contribution in [-0.4, -0.2) is 35.5 Å². The van der Waals surface area contributed by atoms with Crippen LogP contribution in [0.3, 0.4) is 0 Å². The van der Waals surface area contributed by atoms with Gasteiger partial charge in [-0.1, -0.05) is 18.5 Å². The number of rotatable bonds is 5. The van der Waals surface area contributed by atoms with E-state index in [2.05, 4.69) is 0 Å². The van der Waals surface area contributed by atoms with Crippen LogP contribution < -0.4 is 0 Å². The fourth-order valence-electron chi connectivity index (χ4n) is 1.32. The van der Waals surface area contributed by atoms with E-state index in [1.54, 1.807) is 26.1 Å². The SMILES string of the molecule is CC(CN(C)C(=O)Cc1ccc(Cl)s1)C(=O)O. The highest BCUT2D eigenvalue weighted by Gasteiger charge is 2.17. The van der Waals surface area contributed by atoms with Crippen LogP contribution in [0.25, 0.3) is 0 Å². The summed E-state index contributed by atoms with van der Waals surface area (Å²) in [6.07, 6.45) is 0.264. The molecule has 0 bridgehead atoms. The first-order chi connectivity index (χ1) is 7.90. The highest BCUT2D eigenvalue weighted by molar-refractivity contribution is 7.16. The highest BCUT2D eigenvalue weighted by atomic mass is 35.5. The minimum atomic E-state index is -0.899. The van der Waals surface area contributed by atoms with Crippen molar-refractivity contribution in [2.45, 2.75) is 13.3 Å². The van der Waals surface area contributed by atoms with Gasteiger partial charge in [0.05, 0.1) is 16.7 Å². The van der Waals surface area contributed by atoms with Crippen molar-refractivity contribution in [2.24, 2.45) is 5.92 Å². The molecule has 1 unspecified atom stereocenters. The molecule has 0 aliphatic heterocycles. The van der Waals surface area contributed by atoms with Crippen LogP contribution in [0.4, 0.5) is 0 Å². The zero-order chi connectivity index (χ0) is 13.0. The second-order valence-corrected chi connectivity index (χ2v) is 5.70. The number of halogens is 1. The monoisotopic (exact) mass is 275 g/mol. The summed E-state index contributed by atoms with van der Waals surface area (Å²) in [6.45, 7) is 1.79. The van der Waals surface area contributed by atoms with Crippen LogP contribution in [0.5, 0.6) is 0 Å². The first kappa shape index (κ1) is 14.0. The van der Waals surface area contributed by atoms with Crippen molar-refractivity contribution in [1.29, 1.82) is 0 Å². The Morgan fingerprint density at radius 3 is 2.65 bits per heavy atom. The van der Waals surface area contributed by atoms with Gasteiger partial charge < -0.3 is 10.0 Å². The Morgan fingerprint density at radius 1 is 1.53 bits per heavy atom. The summed E-state index contributed by atoms with van der Waals surface area (Å²) >= 11 is 7.13. The molecule has 0 fully saturated rings. The molecular weight excluding hydrogens is 262 g/mol. The normalized spacial score (nSPS) is 12.2. The van der Waals surface area contributed by atoms with Crippen LogP contribution in [0.1, 0.15) is 11.8 Å². The number of likely N-dealkylation sites (N-methyl/N-ethyl adjacent to an activating group) is 1. The molecule has 0 saturated carbocycles. The van der Waals surface area contributed by atoms with E-state index in [1.807, 2.05) is 0 Å². The van der Waals surface area contributed by atoms with Crippen molar-refractivity contribution in [2.75, 3.05) is 13.6 Å². The van der Waals surface area contributed by atoms with E-state index in [0.29, 0.717) is 4.34 Å². The number of aliphatic carboxylic acids is 1.